The van der Waals surface area contributed by atoms with E-state index in [4.69, 9.17) is 9.63 Å². The monoisotopic (exact) mass is 280 g/mol. The maximum atomic E-state index is 12.5. The standard InChI is InChI=1S/C14H20N2O4/c1-8(12-9(2)15-20-10(12)3)13(17)16-6-4-5-11(7-16)14(18)19/h8,11H,4-7H2,1-3H3,(H,18,19)/t8-,11+/m0/s1. The number of aromatic nitrogens is 1. The van der Waals surface area contributed by atoms with Crippen molar-refractivity contribution in [2.24, 2.45) is 5.92 Å². The van der Waals surface area contributed by atoms with Crippen LogP contribution < -0.4 is 0 Å². The van der Waals surface area contributed by atoms with Crippen LogP contribution in [0.5, 0.6) is 0 Å². The molecular weight excluding hydrogens is 260 g/mol. The number of hydrogen-bond donors (Lipinski definition) is 1. The minimum atomic E-state index is -0.826. The van der Waals surface area contributed by atoms with Crippen molar-refractivity contribution < 1.29 is 19.2 Å². The first-order chi connectivity index (χ1) is 9.41. The van der Waals surface area contributed by atoms with Crippen molar-refractivity contribution in [2.75, 3.05) is 13.1 Å². The summed E-state index contributed by atoms with van der Waals surface area (Å²) in [5, 5.41) is 13.0. The Morgan fingerprint density at radius 2 is 2.15 bits per heavy atom. The van der Waals surface area contributed by atoms with Gasteiger partial charge in [-0.25, -0.2) is 0 Å². The number of amides is 1. The predicted octanol–water partition coefficient (Wildman–Crippen LogP) is 1.72. The molecule has 110 valence electrons. The Hall–Kier alpha value is -1.85. The van der Waals surface area contributed by atoms with Crippen LogP contribution in [-0.2, 0) is 9.59 Å². The highest BCUT2D eigenvalue weighted by atomic mass is 16.5. The van der Waals surface area contributed by atoms with E-state index >= 15 is 0 Å². The quantitative estimate of drug-likeness (QED) is 0.911. The van der Waals surface area contributed by atoms with E-state index in [1.54, 1.807) is 11.8 Å². The number of rotatable bonds is 3. The lowest BCUT2D eigenvalue weighted by Gasteiger charge is -2.32. The molecule has 2 heterocycles. The number of nitrogens with zero attached hydrogens (tertiary/aromatic N) is 2. The summed E-state index contributed by atoms with van der Waals surface area (Å²) in [4.78, 5) is 25.3. The zero-order valence-electron chi connectivity index (χ0n) is 12.0. The number of carboxylic acids is 1. The number of aliphatic carboxylic acids is 1. The van der Waals surface area contributed by atoms with Crippen LogP contribution >= 0.6 is 0 Å². The van der Waals surface area contributed by atoms with Crippen molar-refractivity contribution in [3.8, 4) is 0 Å². The van der Waals surface area contributed by atoms with Gasteiger partial charge in [-0.3, -0.25) is 9.59 Å². The summed E-state index contributed by atoms with van der Waals surface area (Å²) >= 11 is 0. The fraction of sp³-hybridized carbons (Fsp3) is 0.643. The normalized spacial score (nSPS) is 20.8. The van der Waals surface area contributed by atoms with Crippen LogP contribution in [0.25, 0.3) is 0 Å². The molecule has 1 fully saturated rings. The molecule has 0 spiro atoms. The number of likely N-dealkylation sites (tertiary alicyclic amines) is 1. The molecule has 0 saturated carbocycles. The molecule has 0 unspecified atom stereocenters. The lowest BCUT2D eigenvalue weighted by Crippen LogP contribution is -2.44. The van der Waals surface area contributed by atoms with E-state index in [0.717, 1.165) is 17.7 Å². The summed E-state index contributed by atoms with van der Waals surface area (Å²) in [7, 11) is 0. The molecular formula is C14H20N2O4. The van der Waals surface area contributed by atoms with Crippen molar-refractivity contribution >= 4 is 11.9 Å². The molecule has 0 bridgehead atoms. The number of hydrogen-bond acceptors (Lipinski definition) is 4. The maximum Gasteiger partial charge on any atom is 0.308 e. The second-order valence-corrected chi connectivity index (χ2v) is 5.42. The molecule has 1 aromatic heterocycles. The van der Waals surface area contributed by atoms with Crippen molar-refractivity contribution in [1.82, 2.24) is 10.1 Å². The van der Waals surface area contributed by atoms with Gasteiger partial charge in [-0.15, -0.1) is 0 Å². The third kappa shape index (κ3) is 2.69. The summed E-state index contributed by atoms with van der Waals surface area (Å²) in [5.41, 5.74) is 1.53. The topological polar surface area (TPSA) is 83.6 Å². The van der Waals surface area contributed by atoms with Crippen LogP contribution in [0.3, 0.4) is 0 Å². The Morgan fingerprint density at radius 3 is 2.70 bits per heavy atom. The predicted molar refractivity (Wildman–Crippen MR) is 71.3 cm³/mol. The summed E-state index contributed by atoms with van der Waals surface area (Å²) in [6.45, 7) is 6.33. The van der Waals surface area contributed by atoms with Crippen LogP contribution in [0.15, 0.2) is 4.52 Å². The van der Waals surface area contributed by atoms with E-state index in [1.807, 2.05) is 13.8 Å². The lowest BCUT2D eigenvalue weighted by molar-refractivity contribution is -0.146. The van der Waals surface area contributed by atoms with Gasteiger partial charge in [-0.05, 0) is 33.6 Å². The minimum Gasteiger partial charge on any atom is -0.481 e. The van der Waals surface area contributed by atoms with Gasteiger partial charge in [0.2, 0.25) is 5.91 Å². The zero-order chi connectivity index (χ0) is 14.9. The summed E-state index contributed by atoms with van der Waals surface area (Å²) in [5.74, 6) is -1.04. The van der Waals surface area contributed by atoms with Crippen molar-refractivity contribution in [2.45, 2.75) is 39.5 Å². The summed E-state index contributed by atoms with van der Waals surface area (Å²) in [6, 6.07) is 0. The summed E-state index contributed by atoms with van der Waals surface area (Å²) < 4.78 is 5.10. The van der Waals surface area contributed by atoms with E-state index in [2.05, 4.69) is 5.16 Å². The van der Waals surface area contributed by atoms with Crippen LogP contribution in [0.4, 0.5) is 0 Å². The van der Waals surface area contributed by atoms with Gasteiger partial charge in [0.15, 0.2) is 0 Å². The Kier molecular flexibility index (Phi) is 4.11. The third-order valence-electron chi connectivity index (χ3n) is 3.97. The van der Waals surface area contributed by atoms with Gasteiger partial charge in [0, 0.05) is 18.7 Å². The number of carboxylic acid groups (broad SMARTS) is 1. The largest absolute Gasteiger partial charge is 0.481 e. The van der Waals surface area contributed by atoms with Crippen molar-refractivity contribution in [3.63, 3.8) is 0 Å². The van der Waals surface area contributed by atoms with E-state index in [-0.39, 0.29) is 11.8 Å². The molecule has 6 nitrogen and oxygen atoms in total. The van der Waals surface area contributed by atoms with E-state index in [9.17, 15) is 9.59 Å². The van der Waals surface area contributed by atoms with Gasteiger partial charge in [-0.2, -0.15) is 0 Å². The number of piperidine rings is 1. The molecule has 1 saturated heterocycles. The molecule has 1 N–H and O–H groups in total. The van der Waals surface area contributed by atoms with E-state index in [1.165, 1.54) is 0 Å². The lowest BCUT2D eigenvalue weighted by atomic mass is 9.94. The smallest absolute Gasteiger partial charge is 0.308 e. The molecule has 1 aliphatic rings. The minimum absolute atomic E-state index is 0.0506. The Balaban J connectivity index is 2.13. The van der Waals surface area contributed by atoms with Gasteiger partial charge in [-0.1, -0.05) is 5.16 Å². The number of carbonyl (C=O) groups is 2. The number of carbonyl (C=O) groups excluding carboxylic acids is 1. The maximum absolute atomic E-state index is 12.5. The average Bonchev–Trinajstić information content (AvgIpc) is 2.76. The van der Waals surface area contributed by atoms with Crippen LogP contribution in [0.1, 0.15) is 42.7 Å². The van der Waals surface area contributed by atoms with E-state index in [0.29, 0.717) is 25.3 Å². The Morgan fingerprint density at radius 1 is 1.45 bits per heavy atom. The molecule has 2 rings (SSSR count). The van der Waals surface area contributed by atoms with Crippen LogP contribution in [0, 0.1) is 19.8 Å². The van der Waals surface area contributed by atoms with Gasteiger partial charge >= 0.3 is 5.97 Å². The first-order valence-electron chi connectivity index (χ1n) is 6.86. The number of aryl methyl sites for hydroxylation is 2. The highest BCUT2D eigenvalue weighted by Crippen LogP contribution is 2.27. The molecule has 1 aliphatic heterocycles. The van der Waals surface area contributed by atoms with Crippen molar-refractivity contribution in [3.05, 3.63) is 17.0 Å². The molecule has 0 aromatic carbocycles. The molecule has 1 amide bonds. The Bertz CT molecular complexity index is 504. The third-order valence-corrected chi connectivity index (χ3v) is 3.97. The molecule has 2 atom stereocenters. The van der Waals surface area contributed by atoms with Gasteiger partial charge in [0.25, 0.3) is 0 Å². The SMILES string of the molecule is Cc1noc(C)c1[C@H](C)C(=O)N1CCC[C@@H](C(=O)O)C1. The molecule has 0 radical (unpaired) electrons. The van der Waals surface area contributed by atoms with E-state index < -0.39 is 11.9 Å². The fourth-order valence-corrected chi connectivity index (χ4v) is 2.88. The fourth-order valence-electron chi connectivity index (χ4n) is 2.88. The van der Waals surface area contributed by atoms with Gasteiger partial charge in [0.1, 0.15) is 5.76 Å². The highest BCUT2D eigenvalue weighted by Gasteiger charge is 2.32. The first kappa shape index (κ1) is 14.6. The first-order valence-corrected chi connectivity index (χ1v) is 6.86. The van der Waals surface area contributed by atoms with Gasteiger partial charge < -0.3 is 14.5 Å². The second-order valence-electron chi connectivity index (χ2n) is 5.42. The Labute approximate surface area is 117 Å². The highest BCUT2D eigenvalue weighted by molar-refractivity contribution is 5.84. The van der Waals surface area contributed by atoms with Gasteiger partial charge in [0.05, 0.1) is 17.5 Å². The molecule has 20 heavy (non-hydrogen) atoms. The zero-order valence-corrected chi connectivity index (χ0v) is 12.0. The second kappa shape index (κ2) is 5.64. The summed E-state index contributed by atoms with van der Waals surface area (Å²) in [6.07, 6.45) is 1.37. The average molecular weight is 280 g/mol. The molecule has 0 aliphatic carbocycles. The molecule has 1 aromatic rings. The molecule has 6 heteroatoms. The van der Waals surface area contributed by atoms with Crippen molar-refractivity contribution in [1.29, 1.82) is 0 Å². The van der Waals surface area contributed by atoms with Crippen LogP contribution in [0.2, 0.25) is 0 Å². The van der Waals surface area contributed by atoms with Crippen LogP contribution in [-0.4, -0.2) is 40.1 Å².